The van der Waals surface area contributed by atoms with Crippen LogP contribution in [-0.2, 0) is 20.7 Å². The Hall–Kier alpha value is -2.73. The van der Waals surface area contributed by atoms with Crippen LogP contribution >= 0.6 is 11.3 Å². The van der Waals surface area contributed by atoms with Gasteiger partial charge in [0.25, 0.3) is 5.91 Å². The van der Waals surface area contributed by atoms with E-state index in [4.69, 9.17) is 4.74 Å². The van der Waals surface area contributed by atoms with Gasteiger partial charge in [0.05, 0.1) is 15.2 Å². The molecule has 27 heavy (non-hydrogen) atoms. The summed E-state index contributed by atoms with van der Waals surface area (Å²) >= 11 is 1.64. The van der Waals surface area contributed by atoms with Gasteiger partial charge in [0.15, 0.2) is 6.10 Å². The number of hydrogen-bond acceptors (Lipinski definition) is 5. The van der Waals surface area contributed by atoms with Crippen LogP contribution in [0, 0.1) is 6.92 Å². The maximum atomic E-state index is 12.1. The van der Waals surface area contributed by atoms with Crippen molar-refractivity contribution in [2.75, 3.05) is 5.32 Å². The molecule has 0 aliphatic carbocycles. The number of carbonyl (C=O) groups excluding carboxylic acids is 2. The number of amides is 1. The first-order valence-corrected chi connectivity index (χ1v) is 9.74. The van der Waals surface area contributed by atoms with E-state index in [0.29, 0.717) is 12.1 Å². The molecule has 5 nitrogen and oxygen atoms in total. The van der Waals surface area contributed by atoms with E-state index in [0.717, 1.165) is 27.2 Å². The number of ether oxygens (including phenoxy) is 1. The molecule has 0 unspecified atom stereocenters. The van der Waals surface area contributed by atoms with Gasteiger partial charge in [-0.1, -0.05) is 29.8 Å². The average Bonchev–Trinajstić information content (AvgIpc) is 3.06. The summed E-state index contributed by atoms with van der Waals surface area (Å²) in [7, 11) is 0. The zero-order valence-electron chi connectivity index (χ0n) is 15.4. The van der Waals surface area contributed by atoms with Gasteiger partial charge in [-0.3, -0.25) is 9.59 Å². The Balaban J connectivity index is 1.42. The largest absolute Gasteiger partial charge is 0.453 e. The summed E-state index contributed by atoms with van der Waals surface area (Å²) in [5, 5.41) is 3.76. The number of fused-ring (bicyclic) bond motifs is 1. The average molecular weight is 382 g/mol. The molecule has 0 saturated heterocycles. The van der Waals surface area contributed by atoms with Gasteiger partial charge in [0.2, 0.25) is 0 Å². The first-order chi connectivity index (χ1) is 13.0. The monoisotopic (exact) mass is 382 g/mol. The topological polar surface area (TPSA) is 68.3 Å². The van der Waals surface area contributed by atoms with Crippen molar-refractivity contribution in [2.24, 2.45) is 0 Å². The molecular weight excluding hydrogens is 360 g/mol. The summed E-state index contributed by atoms with van der Waals surface area (Å²) in [5.41, 5.74) is 2.78. The lowest BCUT2D eigenvalue weighted by molar-refractivity contribution is -0.153. The van der Waals surface area contributed by atoms with E-state index in [2.05, 4.69) is 10.3 Å². The summed E-state index contributed by atoms with van der Waals surface area (Å²) in [6.45, 7) is 3.55. The first-order valence-electron chi connectivity index (χ1n) is 8.93. The van der Waals surface area contributed by atoms with Crippen molar-refractivity contribution in [3.05, 3.63) is 59.1 Å². The summed E-state index contributed by atoms with van der Waals surface area (Å²) in [4.78, 5) is 28.7. The molecule has 0 aliphatic heterocycles. The van der Waals surface area contributed by atoms with Crippen LogP contribution in [0.3, 0.4) is 0 Å². The lowest BCUT2D eigenvalue weighted by Crippen LogP contribution is -2.29. The number of thiazole rings is 1. The minimum absolute atomic E-state index is 0.262. The Bertz CT molecular complexity index is 901. The third-order valence-corrected chi connectivity index (χ3v) is 5.20. The number of aromatic nitrogens is 1. The summed E-state index contributed by atoms with van der Waals surface area (Å²) < 4.78 is 6.39. The zero-order valence-corrected chi connectivity index (χ0v) is 16.2. The van der Waals surface area contributed by atoms with Gasteiger partial charge in [-0.25, -0.2) is 4.98 Å². The molecule has 6 heteroatoms. The fourth-order valence-electron chi connectivity index (χ4n) is 2.60. The fourth-order valence-corrected chi connectivity index (χ4v) is 3.61. The number of benzene rings is 2. The number of nitrogens with one attached hydrogen (secondary N) is 1. The lowest BCUT2D eigenvalue weighted by atomic mass is 10.2. The molecule has 0 bridgehead atoms. The Morgan fingerprint density at radius 2 is 1.89 bits per heavy atom. The van der Waals surface area contributed by atoms with Gasteiger partial charge in [-0.05, 0) is 51.0 Å². The molecule has 1 aromatic heterocycles. The van der Waals surface area contributed by atoms with Crippen molar-refractivity contribution >= 4 is 39.1 Å². The predicted octanol–water partition coefficient (Wildman–Crippen LogP) is 4.50. The molecule has 0 aliphatic rings. The zero-order chi connectivity index (χ0) is 19.2. The Morgan fingerprint density at radius 1 is 1.15 bits per heavy atom. The van der Waals surface area contributed by atoms with Crippen molar-refractivity contribution < 1.29 is 14.3 Å². The van der Waals surface area contributed by atoms with E-state index in [-0.39, 0.29) is 18.3 Å². The number of carbonyl (C=O) groups is 2. The van der Waals surface area contributed by atoms with Crippen LogP contribution in [0.25, 0.3) is 10.2 Å². The second-order valence-electron chi connectivity index (χ2n) is 6.42. The van der Waals surface area contributed by atoms with Crippen molar-refractivity contribution in [3.8, 4) is 0 Å². The van der Waals surface area contributed by atoms with Crippen LogP contribution in [-0.4, -0.2) is 23.0 Å². The molecule has 0 fully saturated rings. The predicted molar refractivity (Wildman–Crippen MR) is 108 cm³/mol. The number of rotatable bonds is 7. The Labute approximate surface area is 162 Å². The van der Waals surface area contributed by atoms with Crippen molar-refractivity contribution in [2.45, 2.75) is 39.2 Å². The number of hydrogen-bond donors (Lipinski definition) is 1. The van der Waals surface area contributed by atoms with E-state index in [1.807, 2.05) is 55.5 Å². The Kier molecular flexibility index (Phi) is 6.19. The number of anilines is 1. The van der Waals surface area contributed by atoms with E-state index in [1.54, 1.807) is 18.3 Å². The van der Waals surface area contributed by atoms with Crippen LogP contribution in [0.1, 0.15) is 30.3 Å². The minimum atomic E-state index is -0.832. The highest BCUT2D eigenvalue weighted by Crippen LogP contribution is 2.22. The van der Waals surface area contributed by atoms with Crippen molar-refractivity contribution in [3.63, 3.8) is 0 Å². The smallest absolute Gasteiger partial charge is 0.306 e. The van der Waals surface area contributed by atoms with Crippen LogP contribution in [0.4, 0.5) is 5.69 Å². The molecule has 0 saturated carbocycles. The molecule has 3 rings (SSSR count). The van der Waals surface area contributed by atoms with Crippen LogP contribution in [0.15, 0.2) is 48.5 Å². The fraction of sp³-hybridized carbons (Fsp3) is 0.286. The number of para-hydroxylation sites is 1. The van der Waals surface area contributed by atoms with E-state index < -0.39 is 6.10 Å². The Morgan fingerprint density at radius 3 is 2.63 bits per heavy atom. The first kappa shape index (κ1) is 19.0. The molecule has 0 radical (unpaired) electrons. The molecule has 1 heterocycles. The standard InChI is InChI=1S/C21H22N2O3S/c1-14-10-12-16(13-11-14)22-21(25)15(2)26-20(24)9-5-8-19-23-17-6-3-4-7-18(17)27-19/h3-4,6-7,10-13,15H,5,8-9H2,1-2H3,(H,22,25)/t15-/m1/s1. The minimum Gasteiger partial charge on any atom is -0.453 e. The summed E-state index contributed by atoms with van der Waals surface area (Å²) in [6, 6.07) is 15.4. The lowest BCUT2D eigenvalue weighted by Gasteiger charge is -2.13. The number of aryl methyl sites for hydroxylation is 2. The molecule has 1 atom stereocenters. The quantitative estimate of drug-likeness (QED) is 0.611. The van der Waals surface area contributed by atoms with Gasteiger partial charge in [-0.15, -0.1) is 11.3 Å². The van der Waals surface area contributed by atoms with Gasteiger partial charge < -0.3 is 10.1 Å². The molecule has 1 N–H and O–H groups in total. The molecule has 140 valence electrons. The van der Waals surface area contributed by atoms with Gasteiger partial charge >= 0.3 is 5.97 Å². The highest BCUT2D eigenvalue weighted by Gasteiger charge is 2.18. The van der Waals surface area contributed by atoms with E-state index >= 15 is 0 Å². The summed E-state index contributed by atoms with van der Waals surface area (Å²) in [5.74, 6) is -0.707. The highest BCUT2D eigenvalue weighted by molar-refractivity contribution is 7.18. The van der Waals surface area contributed by atoms with E-state index in [9.17, 15) is 9.59 Å². The second kappa shape index (κ2) is 8.77. The van der Waals surface area contributed by atoms with Crippen LogP contribution in [0.2, 0.25) is 0 Å². The van der Waals surface area contributed by atoms with Crippen LogP contribution < -0.4 is 5.32 Å². The maximum absolute atomic E-state index is 12.1. The molecule has 3 aromatic rings. The third kappa shape index (κ3) is 5.37. The molecule has 2 aromatic carbocycles. The van der Waals surface area contributed by atoms with Gasteiger partial charge in [-0.2, -0.15) is 0 Å². The molecule has 1 amide bonds. The maximum Gasteiger partial charge on any atom is 0.306 e. The van der Waals surface area contributed by atoms with E-state index in [1.165, 1.54) is 0 Å². The third-order valence-electron chi connectivity index (χ3n) is 4.11. The van der Waals surface area contributed by atoms with Gasteiger partial charge in [0, 0.05) is 12.1 Å². The van der Waals surface area contributed by atoms with Crippen molar-refractivity contribution in [1.82, 2.24) is 4.98 Å². The van der Waals surface area contributed by atoms with Crippen LogP contribution in [0.5, 0.6) is 0 Å². The number of nitrogens with zero attached hydrogens (tertiary/aromatic N) is 1. The number of esters is 1. The SMILES string of the molecule is Cc1ccc(NC(=O)[C@@H](C)OC(=O)CCCc2nc3ccccc3s2)cc1. The van der Waals surface area contributed by atoms with Gasteiger partial charge in [0.1, 0.15) is 0 Å². The van der Waals surface area contributed by atoms with Crippen molar-refractivity contribution in [1.29, 1.82) is 0 Å². The molecule has 0 spiro atoms. The molecular formula is C21H22N2O3S. The summed E-state index contributed by atoms with van der Waals surface area (Å²) in [6.07, 6.45) is 0.794. The highest BCUT2D eigenvalue weighted by atomic mass is 32.1. The second-order valence-corrected chi connectivity index (χ2v) is 7.53. The normalized spacial score (nSPS) is 11.9.